The van der Waals surface area contributed by atoms with Crippen molar-refractivity contribution in [1.82, 2.24) is 19.5 Å². The van der Waals surface area contributed by atoms with E-state index < -0.39 is 19.3 Å². The van der Waals surface area contributed by atoms with Gasteiger partial charge in [0.05, 0.1) is 19.0 Å². The minimum atomic E-state index is -4.60. The molecule has 1 unspecified atom stereocenters. The molecule has 10 nitrogen and oxygen atoms in total. The molecule has 2 aromatic heterocycles. The third-order valence-corrected chi connectivity index (χ3v) is 6.09. The monoisotopic (exact) mass is 389 g/mol. The molecule has 2 aliphatic rings. The molecule has 0 amide bonds. The Hall–Kier alpha value is -1.29. The topological polar surface area (TPSA) is 157 Å². The van der Waals surface area contributed by atoms with E-state index >= 15 is 0 Å². The minimum absolute atomic E-state index is 0.00448. The number of anilines is 1. The van der Waals surface area contributed by atoms with E-state index in [4.69, 9.17) is 27.1 Å². The van der Waals surface area contributed by atoms with Crippen molar-refractivity contribution < 1.29 is 24.0 Å². The Bertz CT molecular complexity index is 902. The Labute approximate surface area is 147 Å². The number of fused-ring (bicyclic) bond motifs is 2. The fourth-order valence-electron chi connectivity index (χ4n) is 4.26. The summed E-state index contributed by atoms with van der Waals surface area (Å²) in [5, 5.41) is 10.7. The van der Waals surface area contributed by atoms with Crippen molar-refractivity contribution in [2.45, 2.75) is 25.5 Å². The fraction of sp³-hybridized carbons (Fsp3) is 0.615. The van der Waals surface area contributed by atoms with Crippen LogP contribution in [0.5, 0.6) is 0 Å². The van der Waals surface area contributed by atoms with Crippen molar-refractivity contribution in [3.05, 3.63) is 11.6 Å². The standard InChI is InChI=1S/C13H17ClN5O5P/c1-5-8(6-2-13(6,9(5)20)3-24-25(21,22)23)19-4-16-7-10(15)17-12(14)18-11(7)19/h4-6,8-9,20H,2-3H2,1H3,(H2,15,17,18)(H2,21,22,23)/t5-,6+,8?,9-,13-/m0/s1. The van der Waals surface area contributed by atoms with Gasteiger partial charge in [-0.1, -0.05) is 6.92 Å². The van der Waals surface area contributed by atoms with E-state index in [0.29, 0.717) is 17.6 Å². The Balaban J connectivity index is 1.70. The van der Waals surface area contributed by atoms with Crippen LogP contribution < -0.4 is 5.73 Å². The van der Waals surface area contributed by atoms with Crippen molar-refractivity contribution in [3.8, 4) is 0 Å². The molecular weight excluding hydrogens is 373 g/mol. The molecule has 0 spiro atoms. The number of nitrogens with two attached hydrogens (primary N) is 1. The molecule has 0 radical (unpaired) electrons. The van der Waals surface area contributed by atoms with Gasteiger partial charge in [0.15, 0.2) is 11.5 Å². The van der Waals surface area contributed by atoms with Crippen LogP contribution in [0.1, 0.15) is 19.4 Å². The summed E-state index contributed by atoms with van der Waals surface area (Å²) < 4.78 is 17.5. The average molecular weight is 390 g/mol. The zero-order valence-electron chi connectivity index (χ0n) is 13.2. The van der Waals surface area contributed by atoms with Crippen molar-refractivity contribution in [1.29, 1.82) is 0 Å². The second-order valence-corrected chi connectivity index (χ2v) is 8.38. The van der Waals surface area contributed by atoms with E-state index in [2.05, 4.69) is 19.5 Å². The largest absolute Gasteiger partial charge is 0.469 e. The highest BCUT2D eigenvalue weighted by molar-refractivity contribution is 7.46. The Kier molecular flexibility index (Phi) is 3.67. The maximum absolute atomic E-state index is 11.0. The van der Waals surface area contributed by atoms with Crippen LogP contribution >= 0.6 is 19.4 Å². The summed E-state index contributed by atoms with van der Waals surface area (Å²) in [6.07, 6.45) is 1.41. The lowest BCUT2D eigenvalue weighted by Gasteiger charge is -2.25. The second kappa shape index (κ2) is 5.35. The summed E-state index contributed by atoms with van der Waals surface area (Å²) in [6, 6.07) is -0.161. The van der Waals surface area contributed by atoms with E-state index in [1.54, 1.807) is 6.33 Å². The third kappa shape index (κ3) is 2.56. The van der Waals surface area contributed by atoms with E-state index in [1.807, 2.05) is 11.5 Å². The molecule has 2 aromatic rings. The van der Waals surface area contributed by atoms with Gasteiger partial charge in [-0.3, -0.25) is 4.52 Å². The highest BCUT2D eigenvalue weighted by Gasteiger charge is 2.70. The third-order valence-electron chi connectivity index (χ3n) is 5.46. The number of nitrogen functional groups attached to an aromatic ring is 1. The first kappa shape index (κ1) is 17.1. The van der Waals surface area contributed by atoms with Gasteiger partial charge in [0.2, 0.25) is 5.28 Å². The van der Waals surface area contributed by atoms with Crippen LogP contribution in [0.25, 0.3) is 11.2 Å². The molecule has 136 valence electrons. The summed E-state index contributed by atoms with van der Waals surface area (Å²) in [5.74, 6) is -0.0326. The van der Waals surface area contributed by atoms with Crippen LogP contribution in [0.3, 0.4) is 0 Å². The Morgan fingerprint density at radius 2 is 2.24 bits per heavy atom. The summed E-state index contributed by atoms with van der Waals surface area (Å²) >= 11 is 5.90. The SMILES string of the molecule is C[C@H]1C(n2cnc3c(N)nc(Cl)nc32)[C@H]2C[C@@]2(COP(=O)(O)O)[C@H]1O. The van der Waals surface area contributed by atoms with Crippen molar-refractivity contribution in [3.63, 3.8) is 0 Å². The molecular formula is C13H17ClN5O5P. The van der Waals surface area contributed by atoms with Crippen LogP contribution in [0, 0.1) is 17.3 Å². The lowest BCUT2D eigenvalue weighted by atomic mass is 9.94. The number of halogens is 1. The summed E-state index contributed by atoms with van der Waals surface area (Å²) in [7, 11) is -4.60. The molecule has 2 fully saturated rings. The number of rotatable bonds is 4. The maximum Gasteiger partial charge on any atom is 0.469 e. The number of hydrogen-bond donors (Lipinski definition) is 4. The van der Waals surface area contributed by atoms with Gasteiger partial charge in [0.1, 0.15) is 5.52 Å². The van der Waals surface area contributed by atoms with E-state index in [0.717, 1.165) is 0 Å². The zero-order valence-corrected chi connectivity index (χ0v) is 14.8. The number of aliphatic hydroxyl groups excluding tert-OH is 1. The molecule has 25 heavy (non-hydrogen) atoms. The van der Waals surface area contributed by atoms with Crippen LogP contribution in [0.2, 0.25) is 5.28 Å². The van der Waals surface area contributed by atoms with E-state index in [1.165, 1.54) is 0 Å². The van der Waals surface area contributed by atoms with Crippen LogP contribution in [0.4, 0.5) is 5.82 Å². The molecule has 0 aromatic carbocycles. The first-order valence-electron chi connectivity index (χ1n) is 7.68. The first-order valence-corrected chi connectivity index (χ1v) is 9.58. The number of imidazole rings is 1. The van der Waals surface area contributed by atoms with Gasteiger partial charge in [0.25, 0.3) is 0 Å². The quantitative estimate of drug-likeness (QED) is 0.437. The van der Waals surface area contributed by atoms with Crippen molar-refractivity contribution in [2.24, 2.45) is 17.3 Å². The molecule has 5 atom stereocenters. The number of phosphoric acid groups is 1. The molecule has 0 aliphatic heterocycles. The van der Waals surface area contributed by atoms with E-state index in [9.17, 15) is 9.67 Å². The highest BCUT2D eigenvalue weighted by atomic mass is 35.5. The smallest absolute Gasteiger partial charge is 0.392 e. The predicted octanol–water partition coefficient (Wildman–Crippen LogP) is 0.729. The van der Waals surface area contributed by atoms with Crippen molar-refractivity contribution >= 4 is 36.4 Å². The first-order chi connectivity index (χ1) is 11.6. The van der Waals surface area contributed by atoms with Gasteiger partial charge >= 0.3 is 7.82 Å². The summed E-state index contributed by atoms with van der Waals surface area (Å²) in [4.78, 5) is 30.2. The molecule has 2 saturated carbocycles. The zero-order chi connectivity index (χ0) is 18.1. The van der Waals surface area contributed by atoms with Crippen LogP contribution in [-0.2, 0) is 9.09 Å². The van der Waals surface area contributed by atoms with Crippen LogP contribution in [0.15, 0.2) is 6.33 Å². The highest BCUT2D eigenvalue weighted by Crippen LogP contribution is 2.70. The number of aliphatic hydroxyl groups is 1. The van der Waals surface area contributed by atoms with Gasteiger partial charge in [-0.2, -0.15) is 9.97 Å². The molecule has 0 saturated heterocycles. The van der Waals surface area contributed by atoms with Crippen LogP contribution in [-0.4, -0.2) is 47.1 Å². The summed E-state index contributed by atoms with van der Waals surface area (Å²) in [5.41, 5.74) is 6.05. The lowest BCUT2D eigenvalue weighted by molar-refractivity contribution is 0.0296. The number of phosphoric ester groups is 1. The van der Waals surface area contributed by atoms with Gasteiger partial charge < -0.3 is 25.2 Å². The van der Waals surface area contributed by atoms with E-state index in [-0.39, 0.29) is 35.6 Å². The maximum atomic E-state index is 11.0. The number of aromatic nitrogens is 4. The fourth-order valence-corrected chi connectivity index (χ4v) is 4.84. The minimum Gasteiger partial charge on any atom is -0.392 e. The predicted molar refractivity (Wildman–Crippen MR) is 87.5 cm³/mol. The van der Waals surface area contributed by atoms with Gasteiger partial charge in [-0.15, -0.1) is 0 Å². The van der Waals surface area contributed by atoms with Gasteiger partial charge in [-0.25, -0.2) is 9.55 Å². The molecule has 12 heteroatoms. The Morgan fingerprint density at radius 1 is 1.52 bits per heavy atom. The molecule has 0 bridgehead atoms. The Morgan fingerprint density at radius 3 is 2.92 bits per heavy atom. The van der Waals surface area contributed by atoms with Gasteiger partial charge in [-0.05, 0) is 23.9 Å². The normalized spacial score (nSPS) is 34.4. The number of hydrogen-bond acceptors (Lipinski definition) is 7. The van der Waals surface area contributed by atoms with Gasteiger partial charge in [0, 0.05) is 17.4 Å². The van der Waals surface area contributed by atoms with Crippen molar-refractivity contribution in [2.75, 3.05) is 12.3 Å². The summed E-state index contributed by atoms with van der Waals surface area (Å²) in [6.45, 7) is 1.67. The molecule has 2 aliphatic carbocycles. The second-order valence-electron chi connectivity index (χ2n) is 6.80. The molecule has 2 heterocycles. The molecule has 4 rings (SSSR count). The number of nitrogens with zero attached hydrogens (tertiary/aromatic N) is 4. The molecule has 5 N–H and O–H groups in total. The lowest BCUT2D eigenvalue weighted by Crippen LogP contribution is -2.30. The average Bonchev–Trinajstić information content (AvgIpc) is 3.01.